The fourth-order valence-corrected chi connectivity index (χ4v) is 9.65. The summed E-state index contributed by atoms with van der Waals surface area (Å²) >= 11 is 0. The van der Waals surface area contributed by atoms with Crippen molar-refractivity contribution in [1.82, 2.24) is 15.2 Å². The Balaban J connectivity index is 1.67. The second kappa shape index (κ2) is 21.0. The summed E-state index contributed by atoms with van der Waals surface area (Å²) in [4.78, 5) is 90.2. The van der Waals surface area contributed by atoms with Crippen molar-refractivity contribution >= 4 is 52.5 Å². The summed E-state index contributed by atoms with van der Waals surface area (Å²) in [6.07, 6.45) is -1.24. The second-order valence-corrected chi connectivity index (χ2v) is 18.0. The number of rotatable bonds is 12. The summed E-state index contributed by atoms with van der Waals surface area (Å²) in [5, 5.41) is 15.4. The highest BCUT2D eigenvalue weighted by atomic mass is 16.7. The van der Waals surface area contributed by atoms with Crippen LogP contribution in [0.2, 0.25) is 0 Å². The number of nitrogens with one attached hydrogen (secondary N) is 1. The summed E-state index contributed by atoms with van der Waals surface area (Å²) < 4.78 is 41.5. The van der Waals surface area contributed by atoms with Gasteiger partial charge in [0.2, 0.25) is 0 Å². The zero-order valence-electron chi connectivity index (χ0n) is 38.7. The molecular weight excluding hydrogens is 831 g/mol. The van der Waals surface area contributed by atoms with Crippen LogP contribution in [0.5, 0.6) is 0 Å². The van der Waals surface area contributed by atoms with Gasteiger partial charge in [-0.1, -0.05) is 58.0 Å². The van der Waals surface area contributed by atoms with Crippen LogP contribution < -0.4 is 5.32 Å². The highest BCUT2D eigenvalue weighted by Crippen LogP contribution is 2.41. The lowest BCUT2D eigenvalue weighted by molar-refractivity contribution is -0.296. The smallest absolute Gasteiger partial charge is 0.408 e. The number of para-hydroxylation sites is 1. The lowest BCUT2D eigenvalue weighted by Crippen LogP contribution is -2.60. The predicted molar refractivity (Wildman–Crippen MR) is 232 cm³/mol. The van der Waals surface area contributed by atoms with E-state index >= 15 is 4.79 Å². The van der Waals surface area contributed by atoms with E-state index in [1.54, 1.807) is 46.9 Å². The summed E-state index contributed by atoms with van der Waals surface area (Å²) in [7, 11) is 5.75. The van der Waals surface area contributed by atoms with Gasteiger partial charge in [0.05, 0.1) is 50.2 Å². The van der Waals surface area contributed by atoms with Gasteiger partial charge in [0.1, 0.15) is 23.9 Å². The Kier molecular flexibility index (Phi) is 16.5. The predicted octanol–water partition coefficient (Wildman–Crippen LogP) is 4.44. The molecule has 13 atom stereocenters. The zero-order chi connectivity index (χ0) is 47.3. The monoisotopic (exact) mass is 895 g/mol. The lowest BCUT2D eigenvalue weighted by Gasteiger charge is -2.47. The van der Waals surface area contributed by atoms with Crippen molar-refractivity contribution in [2.75, 3.05) is 34.9 Å². The number of methoxy groups -OCH3 is 2. The number of fused-ring (bicyclic) bond motifs is 2. The molecule has 2 aromatic rings. The Morgan fingerprint density at radius 1 is 1.02 bits per heavy atom. The van der Waals surface area contributed by atoms with Crippen LogP contribution in [0.15, 0.2) is 42.6 Å². The van der Waals surface area contributed by atoms with E-state index < -0.39 is 120 Å². The van der Waals surface area contributed by atoms with Gasteiger partial charge in [-0.05, 0) is 78.2 Å². The van der Waals surface area contributed by atoms with Gasteiger partial charge in [-0.2, -0.15) is 0 Å². The number of amides is 1. The molecule has 1 aromatic carbocycles. The van der Waals surface area contributed by atoms with E-state index in [-0.39, 0.29) is 25.2 Å². The van der Waals surface area contributed by atoms with Crippen LogP contribution in [0.4, 0.5) is 4.79 Å². The summed E-state index contributed by atoms with van der Waals surface area (Å²) in [5.74, 6) is -10.9. The standard InChI is InChI=1S/C47H65N3O14/c1-12-35-47(7)39(49-45(57)64-47)27(4)36(51)25(2)23-46(6,60-19-15-16-29-21-30-17-13-14-18-33(30)48-24-29)40(63-44-38(53)34(50(8)9)20-26(3)61-44)28(5)37(52)31(43(56)62-35)22-32(41(54)58-10)42(55)59-11/h13-18,21,24-28,31-32,34-35,38-40,44,53H,12,19-20,22-23H2,1-11H3,(H,49,57)/b16-15+/t25-,26-,27-,28+,31?,34+,35+,38-,39-,40-,44+,46+,47-/m1/s1. The van der Waals surface area contributed by atoms with Gasteiger partial charge in [0, 0.05) is 35.4 Å². The van der Waals surface area contributed by atoms with Crippen molar-refractivity contribution in [3.05, 3.63) is 48.2 Å². The molecule has 3 fully saturated rings. The molecule has 0 aliphatic carbocycles. The Morgan fingerprint density at radius 3 is 2.33 bits per heavy atom. The van der Waals surface area contributed by atoms with Crippen LogP contribution in [0.3, 0.4) is 0 Å². The van der Waals surface area contributed by atoms with Crippen molar-refractivity contribution in [1.29, 1.82) is 0 Å². The number of nitrogens with zero attached hydrogens (tertiary/aromatic N) is 2. The van der Waals surface area contributed by atoms with Crippen LogP contribution in [0.1, 0.15) is 79.7 Å². The zero-order valence-corrected chi connectivity index (χ0v) is 38.7. The second-order valence-electron chi connectivity index (χ2n) is 18.0. The van der Waals surface area contributed by atoms with Gasteiger partial charge in [-0.25, -0.2) is 4.79 Å². The number of likely N-dealkylation sites (N-methyl/N-ethyl adjacent to an activating group) is 1. The minimum Gasteiger partial charge on any atom is -0.468 e. The number of ketones is 2. The van der Waals surface area contributed by atoms with Crippen LogP contribution >= 0.6 is 0 Å². The molecule has 17 heteroatoms. The summed E-state index contributed by atoms with van der Waals surface area (Å²) in [6.45, 7) is 11.6. The molecule has 3 aliphatic rings. The van der Waals surface area contributed by atoms with E-state index in [9.17, 15) is 29.1 Å². The Morgan fingerprint density at radius 2 is 1.69 bits per heavy atom. The number of carbonyl (C=O) groups is 6. The van der Waals surface area contributed by atoms with E-state index in [1.807, 2.05) is 62.3 Å². The fraction of sp³-hybridized carbons (Fsp3) is 0.638. The molecule has 64 heavy (non-hydrogen) atoms. The number of benzene rings is 1. The van der Waals surface area contributed by atoms with E-state index in [1.165, 1.54) is 6.92 Å². The molecule has 2 N–H and O–H groups in total. The average molecular weight is 896 g/mol. The van der Waals surface area contributed by atoms with Crippen LogP contribution in [0, 0.1) is 29.6 Å². The highest BCUT2D eigenvalue weighted by molar-refractivity contribution is 6.03. The molecule has 4 heterocycles. The fourth-order valence-electron chi connectivity index (χ4n) is 9.65. The minimum atomic E-state index is -1.82. The number of aliphatic hydroxyl groups is 1. The Hall–Kier alpha value is -4.81. The first-order valence-electron chi connectivity index (χ1n) is 21.9. The van der Waals surface area contributed by atoms with Crippen molar-refractivity contribution in [2.24, 2.45) is 29.6 Å². The maximum absolute atomic E-state index is 15.3. The molecule has 0 bridgehead atoms. The number of ether oxygens (including phenoxy) is 7. The molecule has 3 saturated heterocycles. The number of hydrogen-bond acceptors (Lipinski definition) is 16. The third kappa shape index (κ3) is 10.8. The summed E-state index contributed by atoms with van der Waals surface area (Å²) in [5.41, 5.74) is -1.55. The Labute approximate surface area is 374 Å². The topological polar surface area (TPSA) is 215 Å². The number of aromatic nitrogens is 1. The number of esters is 3. The van der Waals surface area contributed by atoms with Crippen molar-refractivity contribution in [2.45, 2.75) is 128 Å². The lowest BCUT2D eigenvalue weighted by atomic mass is 9.73. The van der Waals surface area contributed by atoms with Crippen molar-refractivity contribution < 1.29 is 67.0 Å². The first kappa shape index (κ1) is 50.2. The maximum atomic E-state index is 15.3. The van der Waals surface area contributed by atoms with Gasteiger partial charge >= 0.3 is 24.0 Å². The maximum Gasteiger partial charge on any atom is 0.408 e. The van der Waals surface area contributed by atoms with Gasteiger partial charge in [-0.15, -0.1) is 0 Å². The largest absolute Gasteiger partial charge is 0.468 e. The molecule has 0 spiro atoms. The molecule has 1 aromatic heterocycles. The number of pyridine rings is 1. The van der Waals surface area contributed by atoms with E-state index in [2.05, 4.69) is 10.3 Å². The van der Waals surface area contributed by atoms with Crippen molar-refractivity contribution in [3.8, 4) is 0 Å². The third-order valence-corrected chi connectivity index (χ3v) is 13.2. The normalized spacial score (nSPS) is 34.2. The third-order valence-electron chi connectivity index (χ3n) is 13.2. The molecule has 352 valence electrons. The van der Waals surface area contributed by atoms with Gasteiger partial charge in [0.25, 0.3) is 0 Å². The molecule has 0 saturated carbocycles. The Bertz CT molecular complexity index is 2040. The molecule has 1 unspecified atom stereocenters. The van der Waals surface area contributed by atoms with Crippen molar-refractivity contribution in [3.63, 3.8) is 0 Å². The van der Waals surface area contributed by atoms with Gasteiger partial charge in [0.15, 0.2) is 23.6 Å². The number of carbonyl (C=O) groups excluding carboxylic acids is 6. The van der Waals surface area contributed by atoms with Gasteiger partial charge < -0.3 is 48.5 Å². The minimum absolute atomic E-state index is 0.0587. The molecule has 5 rings (SSSR count). The van der Waals surface area contributed by atoms with Crippen LogP contribution in [-0.4, -0.2) is 139 Å². The average Bonchev–Trinajstić information content (AvgIpc) is 3.59. The first-order valence-corrected chi connectivity index (χ1v) is 21.9. The van der Waals surface area contributed by atoms with Crippen LogP contribution in [0.25, 0.3) is 17.0 Å². The molecular formula is C47H65N3O14. The first-order chi connectivity index (χ1) is 30.2. The van der Waals surface area contributed by atoms with Gasteiger partial charge in [-0.3, -0.25) is 29.0 Å². The van der Waals surface area contributed by atoms with E-state index in [4.69, 9.17) is 33.2 Å². The van der Waals surface area contributed by atoms with Crippen LogP contribution in [-0.2, 0) is 57.1 Å². The number of aliphatic hydroxyl groups excluding tert-OH is 1. The number of Topliss-reactive ketones (excluding diaryl/α,β-unsaturated/α-hetero) is 2. The molecule has 3 aliphatic heterocycles. The quantitative estimate of drug-likeness (QED) is 0.171. The number of cyclic esters (lactones) is 1. The molecule has 17 nitrogen and oxygen atoms in total. The summed E-state index contributed by atoms with van der Waals surface area (Å²) in [6, 6.07) is 8.24. The highest BCUT2D eigenvalue weighted by Gasteiger charge is 2.58. The molecule has 0 radical (unpaired) electrons. The number of alkyl carbamates (subject to hydrolysis) is 1. The van der Waals surface area contributed by atoms with E-state index in [0.29, 0.717) is 6.42 Å². The van der Waals surface area contributed by atoms with E-state index in [0.717, 1.165) is 30.7 Å². The number of hydrogen-bond donors (Lipinski definition) is 2. The molecule has 1 amide bonds. The SMILES string of the molecule is CC[C@@H]1OC(=O)C(CC(C(=O)OC)C(=O)OC)C(=O)[C@H](C)[C@@H](O[C@@H]2O[C@H](C)C[C@H](N(C)C)[C@H]2O)[C@@](C)(OC/C=C/c2cnc3ccccc3c2)C[C@@H](C)C(=O)[C@@H](C)[C@H]2NC(=O)O[C@]12C.